The standard InChI is InChI=1S/C19H34N2O/c1-13(2)15-9-21(10-15)19(6)8-7-18(19,5)16-11-20(12-16)17(22)14(3)4/h13-16H,7-12H2,1-6H3. The molecule has 0 aromatic carbocycles. The number of carbonyl (C=O) groups excluding carboxylic acids is 1. The third-order valence-corrected chi connectivity index (χ3v) is 7.50. The van der Waals surface area contributed by atoms with Gasteiger partial charge in [-0.15, -0.1) is 0 Å². The lowest BCUT2D eigenvalue weighted by atomic mass is 9.48. The minimum absolute atomic E-state index is 0.142. The highest BCUT2D eigenvalue weighted by Crippen LogP contribution is 2.60. The van der Waals surface area contributed by atoms with Gasteiger partial charge in [0.1, 0.15) is 0 Å². The minimum atomic E-state index is 0.142. The summed E-state index contributed by atoms with van der Waals surface area (Å²) in [5.74, 6) is 2.89. The van der Waals surface area contributed by atoms with Crippen LogP contribution in [-0.4, -0.2) is 47.4 Å². The molecular weight excluding hydrogens is 272 g/mol. The van der Waals surface area contributed by atoms with Gasteiger partial charge in [-0.2, -0.15) is 0 Å². The van der Waals surface area contributed by atoms with Crippen molar-refractivity contribution in [3.63, 3.8) is 0 Å². The predicted octanol–water partition coefficient (Wildman–Crippen LogP) is 3.25. The van der Waals surface area contributed by atoms with Crippen molar-refractivity contribution in [2.24, 2.45) is 29.1 Å². The van der Waals surface area contributed by atoms with Gasteiger partial charge in [0.25, 0.3) is 0 Å². The predicted molar refractivity (Wildman–Crippen MR) is 90.6 cm³/mol. The Morgan fingerprint density at radius 1 is 1.00 bits per heavy atom. The first-order chi connectivity index (χ1) is 10.2. The van der Waals surface area contributed by atoms with E-state index in [2.05, 4.69) is 37.5 Å². The number of rotatable bonds is 4. The Morgan fingerprint density at radius 2 is 1.59 bits per heavy atom. The molecule has 0 aromatic heterocycles. The first-order valence-electron chi connectivity index (χ1n) is 9.23. The molecule has 1 saturated carbocycles. The summed E-state index contributed by atoms with van der Waals surface area (Å²) >= 11 is 0. The van der Waals surface area contributed by atoms with Gasteiger partial charge in [0.05, 0.1) is 0 Å². The van der Waals surface area contributed by atoms with Gasteiger partial charge in [-0.1, -0.05) is 34.6 Å². The SMILES string of the molecule is CC(C)C(=O)N1CC(C2(C)CCC2(C)N2CC(C(C)C)C2)C1. The Hall–Kier alpha value is -0.570. The number of likely N-dealkylation sites (tertiary alicyclic amines) is 2. The molecule has 1 amide bonds. The van der Waals surface area contributed by atoms with E-state index in [9.17, 15) is 4.79 Å². The van der Waals surface area contributed by atoms with E-state index in [1.807, 2.05) is 13.8 Å². The number of nitrogens with zero attached hydrogens (tertiary/aromatic N) is 2. The van der Waals surface area contributed by atoms with Gasteiger partial charge in [-0.05, 0) is 37.0 Å². The van der Waals surface area contributed by atoms with E-state index >= 15 is 0 Å². The molecule has 0 N–H and O–H groups in total. The van der Waals surface area contributed by atoms with Crippen molar-refractivity contribution in [2.45, 2.75) is 59.9 Å². The van der Waals surface area contributed by atoms with Crippen LogP contribution >= 0.6 is 0 Å². The van der Waals surface area contributed by atoms with Crippen molar-refractivity contribution in [1.82, 2.24) is 9.80 Å². The third-order valence-electron chi connectivity index (χ3n) is 7.50. The van der Waals surface area contributed by atoms with Crippen molar-refractivity contribution in [1.29, 1.82) is 0 Å². The van der Waals surface area contributed by atoms with Crippen molar-refractivity contribution < 1.29 is 4.79 Å². The van der Waals surface area contributed by atoms with Crippen LogP contribution in [0, 0.1) is 29.1 Å². The topological polar surface area (TPSA) is 23.6 Å². The summed E-state index contributed by atoms with van der Waals surface area (Å²) in [6, 6.07) is 0. The normalized spacial score (nSPS) is 37.2. The van der Waals surface area contributed by atoms with Crippen molar-refractivity contribution in [2.75, 3.05) is 26.2 Å². The smallest absolute Gasteiger partial charge is 0.225 e. The average Bonchev–Trinajstić information content (AvgIpc) is 2.32. The van der Waals surface area contributed by atoms with Gasteiger partial charge in [-0.25, -0.2) is 0 Å². The van der Waals surface area contributed by atoms with Crippen molar-refractivity contribution >= 4 is 5.91 Å². The monoisotopic (exact) mass is 306 g/mol. The molecule has 1 aliphatic carbocycles. The highest BCUT2D eigenvalue weighted by Gasteiger charge is 2.63. The molecule has 0 spiro atoms. The molecule has 126 valence electrons. The molecule has 3 nitrogen and oxygen atoms in total. The number of amides is 1. The minimum Gasteiger partial charge on any atom is -0.342 e. The summed E-state index contributed by atoms with van der Waals surface area (Å²) in [6.07, 6.45) is 2.67. The lowest BCUT2D eigenvalue weighted by Gasteiger charge is -2.70. The zero-order valence-electron chi connectivity index (χ0n) is 15.4. The van der Waals surface area contributed by atoms with Crippen molar-refractivity contribution in [3.05, 3.63) is 0 Å². The van der Waals surface area contributed by atoms with Crippen LogP contribution in [0.3, 0.4) is 0 Å². The molecule has 3 aliphatic rings. The van der Waals surface area contributed by atoms with Crippen LogP contribution in [0.1, 0.15) is 54.4 Å². The first-order valence-corrected chi connectivity index (χ1v) is 9.23. The Bertz CT molecular complexity index is 448. The van der Waals surface area contributed by atoms with Crippen LogP contribution in [0.2, 0.25) is 0 Å². The second kappa shape index (κ2) is 5.22. The molecule has 0 bridgehead atoms. The van der Waals surface area contributed by atoms with Crippen LogP contribution < -0.4 is 0 Å². The van der Waals surface area contributed by atoms with Gasteiger partial charge in [0.15, 0.2) is 0 Å². The van der Waals surface area contributed by atoms with E-state index in [0.717, 1.165) is 24.9 Å². The fourth-order valence-electron chi connectivity index (χ4n) is 4.81. The molecule has 0 radical (unpaired) electrons. The summed E-state index contributed by atoms with van der Waals surface area (Å²) in [7, 11) is 0. The van der Waals surface area contributed by atoms with Crippen LogP contribution in [0.4, 0.5) is 0 Å². The van der Waals surface area contributed by atoms with E-state index in [0.29, 0.717) is 22.8 Å². The Balaban J connectivity index is 1.59. The molecule has 0 aromatic rings. The highest BCUT2D eigenvalue weighted by molar-refractivity contribution is 5.78. The fraction of sp³-hybridized carbons (Fsp3) is 0.947. The summed E-state index contributed by atoms with van der Waals surface area (Å²) in [5, 5.41) is 0. The van der Waals surface area contributed by atoms with Gasteiger partial charge < -0.3 is 4.90 Å². The highest BCUT2D eigenvalue weighted by atomic mass is 16.2. The molecule has 2 unspecified atom stereocenters. The fourth-order valence-corrected chi connectivity index (χ4v) is 4.81. The molecular formula is C19H34N2O. The number of carbonyl (C=O) groups is 1. The van der Waals surface area contributed by atoms with Gasteiger partial charge in [0, 0.05) is 43.6 Å². The van der Waals surface area contributed by atoms with Gasteiger partial charge >= 0.3 is 0 Å². The quantitative estimate of drug-likeness (QED) is 0.796. The van der Waals surface area contributed by atoms with Gasteiger partial charge in [-0.3, -0.25) is 9.69 Å². The second-order valence-electron chi connectivity index (χ2n) is 9.20. The van der Waals surface area contributed by atoms with E-state index in [-0.39, 0.29) is 5.92 Å². The molecule has 3 heteroatoms. The van der Waals surface area contributed by atoms with Crippen LogP contribution in [0.15, 0.2) is 0 Å². The number of hydrogen-bond acceptors (Lipinski definition) is 2. The molecule has 3 fully saturated rings. The maximum absolute atomic E-state index is 12.1. The first kappa shape index (κ1) is 16.3. The molecule has 22 heavy (non-hydrogen) atoms. The van der Waals surface area contributed by atoms with Crippen LogP contribution in [0.25, 0.3) is 0 Å². The molecule has 2 heterocycles. The summed E-state index contributed by atoms with van der Waals surface area (Å²) in [4.78, 5) is 16.9. The summed E-state index contributed by atoms with van der Waals surface area (Å²) in [5.41, 5.74) is 0.777. The van der Waals surface area contributed by atoms with E-state index in [1.54, 1.807) is 0 Å². The summed E-state index contributed by atoms with van der Waals surface area (Å²) < 4.78 is 0. The zero-order valence-corrected chi connectivity index (χ0v) is 15.4. The second-order valence-corrected chi connectivity index (χ2v) is 9.20. The van der Waals surface area contributed by atoms with E-state index < -0.39 is 0 Å². The maximum atomic E-state index is 12.1. The van der Waals surface area contributed by atoms with E-state index in [1.165, 1.54) is 25.9 Å². The number of hydrogen-bond donors (Lipinski definition) is 0. The summed E-state index contributed by atoms with van der Waals surface area (Å²) in [6.45, 7) is 18.2. The zero-order chi connectivity index (χ0) is 16.3. The third kappa shape index (κ3) is 2.15. The molecule has 2 saturated heterocycles. The van der Waals surface area contributed by atoms with Crippen LogP contribution in [-0.2, 0) is 4.79 Å². The van der Waals surface area contributed by atoms with E-state index in [4.69, 9.17) is 0 Å². The average molecular weight is 306 g/mol. The van der Waals surface area contributed by atoms with Crippen molar-refractivity contribution in [3.8, 4) is 0 Å². The molecule has 3 rings (SSSR count). The Labute approximate surface area is 136 Å². The van der Waals surface area contributed by atoms with Crippen LogP contribution in [0.5, 0.6) is 0 Å². The largest absolute Gasteiger partial charge is 0.342 e. The molecule has 2 atom stereocenters. The molecule has 2 aliphatic heterocycles. The lowest BCUT2D eigenvalue weighted by Crippen LogP contribution is -2.75. The Morgan fingerprint density at radius 3 is 2.00 bits per heavy atom. The Kier molecular flexibility index (Phi) is 3.87. The van der Waals surface area contributed by atoms with Gasteiger partial charge in [0.2, 0.25) is 5.91 Å². The lowest BCUT2D eigenvalue weighted by molar-refractivity contribution is -0.199. The maximum Gasteiger partial charge on any atom is 0.225 e.